The van der Waals surface area contributed by atoms with E-state index in [0.717, 1.165) is 22.5 Å². The molecular formula is C12H18N4O8S. The second-order valence-corrected chi connectivity index (χ2v) is 6.59. The quantitative estimate of drug-likeness (QED) is 0.285. The predicted molar refractivity (Wildman–Crippen MR) is 83.5 cm³/mol. The SMILES string of the molecule is NC(=O)NOCc1ccc(S(=O)(=O)N(CCO)CCO)cc1[N+](=O)[O-]. The summed E-state index contributed by atoms with van der Waals surface area (Å²) in [5.74, 6) is 0. The number of hydrogen-bond acceptors (Lipinski definition) is 8. The highest BCUT2D eigenvalue weighted by atomic mass is 32.2. The van der Waals surface area contributed by atoms with E-state index >= 15 is 0 Å². The summed E-state index contributed by atoms with van der Waals surface area (Å²) >= 11 is 0. The maximum Gasteiger partial charge on any atom is 0.336 e. The minimum atomic E-state index is -4.15. The van der Waals surface area contributed by atoms with Gasteiger partial charge in [-0.3, -0.25) is 15.0 Å². The highest BCUT2D eigenvalue weighted by Crippen LogP contribution is 2.25. The van der Waals surface area contributed by atoms with Gasteiger partial charge in [-0.2, -0.15) is 4.31 Å². The molecule has 1 rings (SSSR count). The number of aliphatic hydroxyl groups is 2. The fourth-order valence-electron chi connectivity index (χ4n) is 1.91. The lowest BCUT2D eigenvalue weighted by Gasteiger charge is -2.20. The number of nitrogens with zero attached hydrogens (tertiary/aromatic N) is 2. The Hall–Kier alpha value is -2.32. The highest BCUT2D eigenvalue weighted by Gasteiger charge is 2.27. The summed E-state index contributed by atoms with van der Waals surface area (Å²) in [5, 5.41) is 29.1. The zero-order valence-electron chi connectivity index (χ0n) is 13.0. The van der Waals surface area contributed by atoms with Gasteiger partial charge in [0.15, 0.2) is 0 Å². The molecule has 0 fully saturated rings. The molecule has 0 radical (unpaired) electrons. The number of carbonyl (C=O) groups excluding carboxylic acids is 1. The number of carbonyl (C=O) groups is 1. The number of urea groups is 1. The number of aliphatic hydroxyl groups excluding tert-OH is 2. The predicted octanol–water partition coefficient (Wildman–Crippen LogP) is -1.33. The molecule has 25 heavy (non-hydrogen) atoms. The third kappa shape index (κ3) is 5.61. The van der Waals surface area contributed by atoms with Gasteiger partial charge in [-0.1, -0.05) is 0 Å². The number of hydrogen-bond donors (Lipinski definition) is 4. The fraction of sp³-hybridized carbons (Fsp3) is 0.417. The lowest BCUT2D eigenvalue weighted by molar-refractivity contribution is -0.386. The third-order valence-electron chi connectivity index (χ3n) is 2.99. The lowest BCUT2D eigenvalue weighted by Crippen LogP contribution is -2.35. The van der Waals surface area contributed by atoms with Crippen LogP contribution in [0.2, 0.25) is 0 Å². The number of sulfonamides is 1. The Morgan fingerprint density at radius 1 is 1.32 bits per heavy atom. The number of primary amides is 1. The standard InChI is InChI=1S/C12H18N4O8S/c13-12(19)14-24-8-9-1-2-10(7-11(9)16(20)21)25(22,23)15(3-5-17)4-6-18/h1-2,7,17-18H,3-6,8H2,(H3,13,14,19). The molecule has 2 amide bonds. The summed E-state index contributed by atoms with van der Waals surface area (Å²) in [6, 6.07) is 2.11. The van der Waals surface area contributed by atoms with Crippen LogP contribution in [0, 0.1) is 10.1 Å². The Morgan fingerprint density at radius 3 is 2.40 bits per heavy atom. The molecule has 1 aromatic carbocycles. The van der Waals surface area contributed by atoms with Crippen molar-refractivity contribution in [1.29, 1.82) is 0 Å². The minimum Gasteiger partial charge on any atom is -0.395 e. The van der Waals surface area contributed by atoms with Gasteiger partial charge < -0.3 is 15.9 Å². The number of nitrogens with two attached hydrogens (primary N) is 1. The number of amides is 2. The van der Waals surface area contributed by atoms with Crippen LogP contribution in [0.1, 0.15) is 5.56 Å². The first-order chi connectivity index (χ1) is 11.7. The average molecular weight is 378 g/mol. The largest absolute Gasteiger partial charge is 0.395 e. The summed E-state index contributed by atoms with van der Waals surface area (Å²) in [7, 11) is -4.15. The van der Waals surface area contributed by atoms with E-state index in [1.54, 1.807) is 5.48 Å². The Labute approximate surface area is 143 Å². The molecule has 0 aliphatic heterocycles. The van der Waals surface area contributed by atoms with Gasteiger partial charge in [-0.15, -0.1) is 0 Å². The van der Waals surface area contributed by atoms with Crippen molar-refractivity contribution < 1.29 is 33.2 Å². The molecule has 140 valence electrons. The molecule has 0 saturated heterocycles. The molecule has 0 aromatic heterocycles. The first-order valence-electron chi connectivity index (χ1n) is 6.90. The van der Waals surface area contributed by atoms with E-state index in [0.29, 0.717) is 0 Å². The Balaban J connectivity index is 3.18. The number of nitrogens with one attached hydrogen (secondary N) is 1. The van der Waals surface area contributed by atoms with E-state index < -0.39 is 46.5 Å². The van der Waals surface area contributed by atoms with Crippen molar-refractivity contribution in [3.05, 3.63) is 33.9 Å². The number of hydroxylamine groups is 1. The second kappa shape index (κ2) is 9.24. The van der Waals surface area contributed by atoms with Gasteiger partial charge in [0, 0.05) is 19.2 Å². The smallest absolute Gasteiger partial charge is 0.336 e. The van der Waals surface area contributed by atoms with Gasteiger partial charge in [-0.05, 0) is 12.1 Å². The Morgan fingerprint density at radius 2 is 1.92 bits per heavy atom. The van der Waals surface area contributed by atoms with E-state index in [4.69, 9.17) is 15.9 Å². The van der Waals surface area contributed by atoms with Crippen LogP contribution in [0.4, 0.5) is 10.5 Å². The molecule has 0 saturated carbocycles. The van der Waals surface area contributed by atoms with Crippen molar-refractivity contribution >= 4 is 21.7 Å². The van der Waals surface area contributed by atoms with Gasteiger partial charge in [-0.25, -0.2) is 18.7 Å². The van der Waals surface area contributed by atoms with Crippen LogP contribution in [-0.2, 0) is 21.5 Å². The molecule has 0 bridgehead atoms. The van der Waals surface area contributed by atoms with Crippen molar-refractivity contribution in [1.82, 2.24) is 9.79 Å². The van der Waals surface area contributed by atoms with Crippen LogP contribution in [0.25, 0.3) is 0 Å². The zero-order valence-corrected chi connectivity index (χ0v) is 13.8. The molecule has 0 spiro atoms. The molecule has 0 atom stereocenters. The highest BCUT2D eigenvalue weighted by molar-refractivity contribution is 7.89. The van der Waals surface area contributed by atoms with Crippen LogP contribution in [0.5, 0.6) is 0 Å². The van der Waals surface area contributed by atoms with Gasteiger partial charge >= 0.3 is 6.03 Å². The molecule has 1 aromatic rings. The van der Waals surface area contributed by atoms with Gasteiger partial charge in [0.2, 0.25) is 10.0 Å². The van der Waals surface area contributed by atoms with E-state index in [9.17, 15) is 23.3 Å². The first kappa shape index (κ1) is 20.7. The maximum absolute atomic E-state index is 12.5. The number of benzene rings is 1. The third-order valence-corrected chi connectivity index (χ3v) is 4.89. The summed E-state index contributed by atoms with van der Waals surface area (Å²) in [6.07, 6.45) is 0. The minimum absolute atomic E-state index is 0.00793. The van der Waals surface area contributed by atoms with Crippen LogP contribution in [0.15, 0.2) is 23.1 Å². The summed E-state index contributed by atoms with van der Waals surface area (Å²) in [4.78, 5) is 25.2. The number of nitro groups is 1. The van der Waals surface area contributed by atoms with Crippen LogP contribution >= 0.6 is 0 Å². The average Bonchev–Trinajstić information content (AvgIpc) is 2.54. The molecular weight excluding hydrogens is 360 g/mol. The van der Waals surface area contributed by atoms with Crippen molar-refractivity contribution in [2.75, 3.05) is 26.3 Å². The lowest BCUT2D eigenvalue weighted by atomic mass is 10.2. The maximum atomic E-state index is 12.5. The second-order valence-electron chi connectivity index (χ2n) is 4.65. The van der Waals surface area contributed by atoms with Gasteiger partial charge in [0.1, 0.15) is 6.61 Å². The molecule has 5 N–H and O–H groups in total. The van der Waals surface area contributed by atoms with Gasteiger partial charge in [0.25, 0.3) is 5.69 Å². The van der Waals surface area contributed by atoms with E-state index in [-0.39, 0.29) is 23.5 Å². The monoisotopic (exact) mass is 378 g/mol. The van der Waals surface area contributed by atoms with Crippen molar-refractivity contribution in [3.8, 4) is 0 Å². The van der Waals surface area contributed by atoms with Crippen LogP contribution in [0.3, 0.4) is 0 Å². The molecule has 0 aliphatic carbocycles. The molecule has 12 nitrogen and oxygen atoms in total. The van der Waals surface area contributed by atoms with E-state index in [1.165, 1.54) is 0 Å². The molecule has 13 heteroatoms. The van der Waals surface area contributed by atoms with Crippen molar-refractivity contribution in [2.24, 2.45) is 5.73 Å². The van der Waals surface area contributed by atoms with E-state index in [2.05, 4.69) is 4.84 Å². The first-order valence-corrected chi connectivity index (χ1v) is 8.34. The Bertz CT molecular complexity index is 718. The number of rotatable bonds is 10. The zero-order chi connectivity index (χ0) is 19.0. The topological polar surface area (TPSA) is 185 Å². The summed E-state index contributed by atoms with van der Waals surface area (Å²) in [6.45, 7) is -1.91. The Kier molecular flexibility index (Phi) is 7.66. The summed E-state index contributed by atoms with van der Waals surface area (Å²) < 4.78 is 25.8. The van der Waals surface area contributed by atoms with Crippen molar-refractivity contribution in [3.63, 3.8) is 0 Å². The number of nitro benzene ring substituents is 1. The molecule has 0 aliphatic rings. The van der Waals surface area contributed by atoms with E-state index in [1.807, 2.05) is 0 Å². The van der Waals surface area contributed by atoms with Crippen LogP contribution < -0.4 is 11.2 Å². The fourth-order valence-corrected chi connectivity index (χ4v) is 3.35. The normalized spacial score (nSPS) is 11.5. The molecule has 0 heterocycles. The van der Waals surface area contributed by atoms with Crippen molar-refractivity contribution in [2.45, 2.75) is 11.5 Å². The summed E-state index contributed by atoms with van der Waals surface area (Å²) in [5.41, 5.74) is 6.05. The molecule has 0 unspecified atom stereocenters. The van der Waals surface area contributed by atoms with Crippen LogP contribution in [-0.4, -0.2) is 60.2 Å². The van der Waals surface area contributed by atoms with Gasteiger partial charge in [0.05, 0.1) is 28.6 Å².